The number of methoxy groups -OCH3 is 1. The summed E-state index contributed by atoms with van der Waals surface area (Å²) in [6, 6.07) is 7.44. The zero-order valence-corrected chi connectivity index (χ0v) is 9.14. The standard InChI is InChI=1S/C12H15NO3/c1-16-9-4-2-8(3-5-9)10-6-12(15)13-11(10)7-14/h2-5,10-11,14H,6-7H2,1H3,(H,13,15)/t10-,11+/m1/s1. The normalized spacial score (nSPS) is 24.2. The van der Waals surface area contributed by atoms with Crippen LogP contribution in [0.3, 0.4) is 0 Å². The summed E-state index contributed by atoms with van der Waals surface area (Å²) in [6.07, 6.45) is 0.442. The lowest BCUT2D eigenvalue weighted by Gasteiger charge is -2.16. The molecule has 1 saturated heterocycles. The number of carbonyl (C=O) groups excluding carboxylic acids is 1. The molecule has 1 aromatic rings. The second-order valence-electron chi connectivity index (χ2n) is 3.94. The molecule has 1 aromatic carbocycles. The van der Waals surface area contributed by atoms with Gasteiger partial charge in [0.1, 0.15) is 5.75 Å². The molecule has 1 fully saturated rings. The molecule has 0 aromatic heterocycles. The van der Waals surface area contributed by atoms with E-state index in [1.165, 1.54) is 0 Å². The Morgan fingerprint density at radius 3 is 2.69 bits per heavy atom. The molecule has 86 valence electrons. The average molecular weight is 221 g/mol. The summed E-state index contributed by atoms with van der Waals surface area (Å²) in [7, 11) is 1.62. The van der Waals surface area contributed by atoms with E-state index in [1.54, 1.807) is 7.11 Å². The van der Waals surface area contributed by atoms with Gasteiger partial charge in [0, 0.05) is 12.3 Å². The van der Waals surface area contributed by atoms with E-state index in [9.17, 15) is 9.90 Å². The summed E-state index contributed by atoms with van der Waals surface area (Å²) >= 11 is 0. The second kappa shape index (κ2) is 4.53. The smallest absolute Gasteiger partial charge is 0.221 e. The maximum Gasteiger partial charge on any atom is 0.221 e. The number of rotatable bonds is 3. The maximum absolute atomic E-state index is 11.3. The van der Waals surface area contributed by atoms with Gasteiger partial charge >= 0.3 is 0 Å². The molecule has 0 radical (unpaired) electrons. The number of carbonyl (C=O) groups is 1. The van der Waals surface area contributed by atoms with Crippen LogP contribution in [0.2, 0.25) is 0 Å². The van der Waals surface area contributed by atoms with Gasteiger partial charge in [0.25, 0.3) is 0 Å². The van der Waals surface area contributed by atoms with Gasteiger partial charge in [-0.2, -0.15) is 0 Å². The van der Waals surface area contributed by atoms with Crippen LogP contribution in [0.4, 0.5) is 0 Å². The Hall–Kier alpha value is -1.55. The third-order valence-electron chi connectivity index (χ3n) is 2.98. The summed E-state index contributed by atoms with van der Waals surface area (Å²) in [6.45, 7) is -0.0254. The topological polar surface area (TPSA) is 58.6 Å². The first-order chi connectivity index (χ1) is 7.74. The summed E-state index contributed by atoms with van der Waals surface area (Å²) in [5.74, 6) is 0.852. The van der Waals surface area contributed by atoms with Gasteiger partial charge in [-0.25, -0.2) is 0 Å². The molecule has 0 bridgehead atoms. The molecule has 0 aliphatic carbocycles. The van der Waals surface area contributed by atoms with Gasteiger partial charge in [0.2, 0.25) is 5.91 Å². The molecule has 1 aliphatic rings. The second-order valence-corrected chi connectivity index (χ2v) is 3.94. The number of amides is 1. The molecule has 1 amide bonds. The predicted molar refractivity (Wildman–Crippen MR) is 59.4 cm³/mol. The van der Waals surface area contributed by atoms with Crippen molar-refractivity contribution in [1.82, 2.24) is 5.32 Å². The Bertz CT molecular complexity index is 374. The van der Waals surface area contributed by atoms with E-state index in [0.717, 1.165) is 11.3 Å². The van der Waals surface area contributed by atoms with Gasteiger partial charge in [0.15, 0.2) is 0 Å². The Morgan fingerprint density at radius 1 is 1.44 bits per heavy atom. The van der Waals surface area contributed by atoms with Crippen LogP contribution < -0.4 is 10.1 Å². The van der Waals surface area contributed by atoms with E-state index in [0.29, 0.717) is 6.42 Å². The molecule has 0 spiro atoms. The molecular weight excluding hydrogens is 206 g/mol. The molecule has 4 nitrogen and oxygen atoms in total. The number of aliphatic hydroxyl groups excluding tert-OH is 1. The Labute approximate surface area is 94.2 Å². The zero-order chi connectivity index (χ0) is 11.5. The SMILES string of the molecule is COc1ccc([C@H]2CC(=O)N[C@H]2CO)cc1. The van der Waals surface area contributed by atoms with Gasteiger partial charge < -0.3 is 15.2 Å². The van der Waals surface area contributed by atoms with Gasteiger partial charge in [0.05, 0.1) is 19.8 Å². The Kier molecular flexibility index (Phi) is 3.10. The van der Waals surface area contributed by atoms with Crippen molar-refractivity contribution >= 4 is 5.91 Å². The Balaban J connectivity index is 2.19. The molecule has 1 aliphatic heterocycles. The minimum absolute atomic E-state index is 0.000122. The molecule has 2 atom stereocenters. The number of aliphatic hydroxyl groups is 1. The van der Waals surface area contributed by atoms with Crippen molar-refractivity contribution in [3.05, 3.63) is 29.8 Å². The number of benzene rings is 1. The van der Waals surface area contributed by atoms with Gasteiger partial charge in [-0.15, -0.1) is 0 Å². The monoisotopic (exact) mass is 221 g/mol. The van der Waals surface area contributed by atoms with Crippen molar-refractivity contribution in [2.75, 3.05) is 13.7 Å². The summed E-state index contributed by atoms with van der Waals surface area (Å²) in [5, 5.41) is 11.9. The number of ether oxygens (including phenoxy) is 1. The zero-order valence-electron chi connectivity index (χ0n) is 9.14. The van der Waals surface area contributed by atoms with Crippen LogP contribution in [0.1, 0.15) is 17.9 Å². The first-order valence-corrected chi connectivity index (χ1v) is 5.28. The highest BCUT2D eigenvalue weighted by Gasteiger charge is 2.32. The highest BCUT2D eigenvalue weighted by Crippen LogP contribution is 2.29. The van der Waals surface area contributed by atoms with Crippen molar-refractivity contribution in [3.63, 3.8) is 0 Å². The van der Waals surface area contributed by atoms with Gasteiger partial charge in [-0.1, -0.05) is 12.1 Å². The molecular formula is C12H15NO3. The van der Waals surface area contributed by atoms with Crippen LogP contribution in [-0.2, 0) is 4.79 Å². The Morgan fingerprint density at radius 2 is 2.12 bits per heavy atom. The lowest BCUT2D eigenvalue weighted by atomic mass is 9.92. The first-order valence-electron chi connectivity index (χ1n) is 5.28. The number of hydrogen-bond acceptors (Lipinski definition) is 3. The van der Waals surface area contributed by atoms with Gasteiger partial charge in [-0.05, 0) is 17.7 Å². The van der Waals surface area contributed by atoms with E-state index in [4.69, 9.17) is 4.74 Å². The van der Waals surface area contributed by atoms with Crippen LogP contribution in [0.25, 0.3) is 0 Å². The lowest BCUT2D eigenvalue weighted by Crippen LogP contribution is -2.31. The fourth-order valence-electron chi connectivity index (χ4n) is 2.08. The van der Waals surface area contributed by atoms with Crippen molar-refractivity contribution < 1.29 is 14.6 Å². The minimum Gasteiger partial charge on any atom is -0.497 e. The third kappa shape index (κ3) is 2.02. The van der Waals surface area contributed by atoms with E-state index in [-0.39, 0.29) is 24.5 Å². The summed E-state index contributed by atoms with van der Waals surface area (Å²) < 4.78 is 5.07. The van der Waals surface area contributed by atoms with Crippen molar-refractivity contribution in [2.24, 2.45) is 0 Å². The largest absolute Gasteiger partial charge is 0.497 e. The van der Waals surface area contributed by atoms with E-state index in [1.807, 2.05) is 24.3 Å². The number of hydrogen-bond donors (Lipinski definition) is 2. The van der Waals surface area contributed by atoms with Crippen LogP contribution in [-0.4, -0.2) is 30.8 Å². The number of nitrogens with one attached hydrogen (secondary N) is 1. The van der Waals surface area contributed by atoms with Crippen LogP contribution in [0, 0.1) is 0 Å². The molecule has 4 heteroatoms. The van der Waals surface area contributed by atoms with Crippen LogP contribution >= 0.6 is 0 Å². The van der Waals surface area contributed by atoms with Crippen molar-refractivity contribution in [3.8, 4) is 5.75 Å². The van der Waals surface area contributed by atoms with E-state index >= 15 is 0 Å². The molecule has 2 N–H and O–H groups in total. The molecule has 16 heavy (non-hydrogen) atoms. The van der Waals surface area contributed by atoms with Gasteiger partial charge in [-0.3, -0.25) is 4.79 Å². The average Bonchev–Trinajstić information content (AvgIpc) is 2.70. The molecule has 2 rings (SSSR count). The van der Waals surface area contributed by atoms with Crippen molar-refractivity contribution in [2.45, 2.75) is 18.4 Å². The molecule has 0 saturated carbocycles. The fraction of sp³-hybridized carbons (Fsp3) is 0.417. The summed E-state index contributed by atoms with van der Waals surface area (Å²) in [4.78, 5) is 11.3. The van der Waals surface area contributed by atoms with Crippen molar-refractivity contribution in [1.29, 1.82) is 0 Å². The van der Waals surface area contributed by atoms with Crippen LogP contribution in [0.5, 0.6) is 5.75 Å². The highest BCUT2D eigenvalue weighted by molar-refractivity contribution is 5.80. The molecule has 1 heterocycles. The summed E-state index contributed by atoms with van der Waals surface area (Å²) in [5.41, 5.74) is 1.05. The minimum atomic E-state index is -0.166. The molecule has 0 unspecified atom stereocenters. The fourth-order valence-corrected chi connectivity index (χ4v) is 2.08. The van der Waals surface area contributed by atoms with E-state index in [2.05, 4.69) is 5.32 Å². The lowest BCUT2D eigenvalue weighted by molar-refractivity contribution is -0.119. The maximum atomic E-state index is 11.3. The van der Waals surface area contributed by atoms with Crippen LogP contribution in [0.15, 0.2) is 24.3 Å². The third-order valence-corrected chi connectivity index (χ3v) is 2.98. The highest BCUT2D eigenvalue weighted by atomic mass is 16.5. The van der Waals surface area contributed by atoms with E-state index < -0.39 is 0 Å². The first kappa shape index (κ1) is 11.0. The quantitative estimate of drug-likeness (QED) is 0.788. The predicted octanol–water partition coefficient (Wildman–Crippen LogP) is 0.660.